The zero-order chi connectivity index (χ0) is 13.9. The van der Waals surface area contributed by atoms with Crippen molar-refractivity contribution < 1.29 is 9.47 Å². The first-order valence-corrected chi connectivity index (χ1v) is 7.46. The second-order valence-corrected chi connectivity index (χ2v) is 5.60. The Balaban J connectivity index is 1.85. The molecule has 3 rings (SSSR count). The average molecular weight is 305 g/mol. The molecular formula is C16H13ClO2S. The molecule has 0 N–H and O–H groups in total. The van der Waals surface area contributed by atoms with Crippen molar-refractivity contribution in [3.05, 3.63) is 58.4 Å². The van der Waals surface area contributed by atoms with Crippen LogP contribution in [0.4, 0.5) is 0 Å². The summed E-state index contributed by atoms with van der Waals surface area (Å²) in [5.41, 5.74) is 1.14. The molecule has 0 bridgehead atoms. The number of methoxy groups -OCH3 is 1. The molecule has 0 fully saturated rings. The molecule has 0 aliphatic heterocycles. The molecule has 1 aromatic heterocycles. The predicted octanol–water partition coefficient (Wildman–Crippen LogP) is 5.14. The van der Waals surface area contributed by atoms with Crippen LogP contribution in [-0.2, 0) is 6.61 Å². The number of hydrogen-bond acceptors (Lipinski definition) is 3. The number of hydrogen-bond donors (Lipinski definition) is 0. The molecule has 0 saturated heterocycles. The SMILES string of the molecule is COc1ccccc1OCc1csc2c(Cl)cccc12. The van der Waals surface area contributed by atoms with Gasteiger partial charge in [0, 0.05) is 10.9 Å². The fourth-order valence-corrected chi connectivity index (χ4v) is 3.35. The van der Waals surface area contributed by atoms with E-state index in [9.17, 15) is 0 Å². The molecule has 0 unspecified atom stereocenters. The number of fused-ring (bicyclic) bond motifs is 1. The number of ether oxygens (including phenoxy) is 2. The monoisotopic (exact) mass is 304 g/mol. The average Bonchev–Trinajstić information content (AvgIpc) is 2.90. The quantitative estimate of drug-likeness (QED) is 0.664. The van der Waals surface area contributed by atoms with Crippen molar-refractivity contribution >= 4 is 33.0 Å². The van der Waals surface area contributed by atoms with Crippen LogP contribution in [0.3, 0.4) is 0 Å². The van der Waals surface area contributed by atoms with E-state index in [2.05, 4.69) is 11.4 Å². The van der Waals surface area contributed by atoms with E-state index in [0.29, 0.717) is 6.61 Å². The van der Waals surface area contributed by atoms with Crippen molar-refractivity contribution in [1.82, 2.24) is 0 Å². The van der Waals surface area contributed by atoms with E-state index in [4.69, 9.17) is 21.1 Å². The van der Waals surface area contributed by atoms with Crippen molar-refractivity contribution in [2.45, 2.75) is 6.61 Å². The first-order chi connectivity index (χ1) is 9.79. The van der Waals surface area contributed by atoms with Gasteiger partial charge in [-0.05, 0) is 23.6 Å². The summed E-state index contributed by atoms with van der Waals surface area (Å²) < 4.78 is 12.2. The second-order valence-electron chi connectivity index (χ2n) is 4.32. The largest absolute Gasteiger partial charge is 0.493 e. The van der Waals surface area contributed by atoms with E-state index in [-0.39, 0.29) is 0 Å². The first-order valence-electron chi connectivity index (χ1n) is 6.20. The molecular weight excluding hydrogens is 292 g/mol. The van der Waals surface area contributed by atoms with E-state index >= 15 is 0 Å². The van der Waals surface area contributed by atoms with Crippen molar-refractivity contribution in [2.24, 2.45) is 0 Å². The zero-order valence-electron chi connectivity index (χ0n) is 10.9. The molecule has 0 amide bonds. The molecule has 4 heteroatoms. The molecule has 0 aliphatic carbocycles. The smallest absolute Gasteiger partial charge is 0.161 e. The molecule has 20 heavy (non-hydrogen) atoms. The molecule has 2 aromatic carbocycles. The van der Waals surface area contributed by atoms with Gasteiger partial charge in [-0.3, -0.25) is 0 Å². The molecule has 2 nitrogen and oxygen atoms in total. The van der Waals surface area contributed by atoms with Gasteiger partial charge < -0.3 is 9.47 Å². The second kappa shape index (κ2) is 5.73. The highest BCUT2D eigenvalue weighted by Crippen LogP contribution is 2.33. The Kier molecular flexibility index (Phi) is 3.81. The van der Waals surface area contributed by atoms with Crippen molar-refractivity contribution in [3.8, 4) is 11.5 Å². The van der Waals surface area contributed by atoms with Crippen LogP contribution in [0.2, 0.25) is 5.02 Å². The molecule has 0 radical (unpaired) electrons. The maximum absolute atomic E-state index is 6.18. The van der Waals surface area contributed by atoms with Gasteiger partial charge in [-0.2, -0.15) is 0 Å². The zero-order valence-corrected chi connectivity index (χ0v) is 12.5. The fourth-order valence-electron chi connectivity index (χ4n) is 2.08. The molecule has 0 aliphatic rings. The third kappa shape index (κ3) is 2.47. The number of halogens is 1. The molecule has 3 aromatic rings. The summed E-state index contributed by atoms with van der Waals surface area (Å²) in [6.45, 7) is 0.501. The Morgan fingerprint density at radius 1 is 1.05 bits per heavy atom. The van der Waals surface area contributed by atoms with Gasteiger partial charge in [0.15, 0.2) is 11.5 Å². The highest BCUT2D eigenvalue weighted by atomic mass is 35.5. The van der Waals surface area contributed by atoms with Crippen molar-refractivity contribution in [2.75, 3.05) is 7.11 Å². The van der Waals surface area contributed by atoms with E-state index in [0.717, 1.165) is 32.2 Å². The van der Waals surface area contributed by atoms with E-state index < -0.39 is 0 Å². The van der Waals surface area contributed by atoms with E-state index in [1.807, 2.05) is 36.4 Å². The van der Waals surface area contributed by atoms with Gasteiger partial charge in [0.05, 0.1) is 16.8 Å². The lowest BCUT2D eigenvalue weighted by Crippen LogP contribution is -1.96. The minimum Gasteiger partial charge on any atom is -0.493 e. The summed E-state index contributed by atoms with van der Waals surface area (Å²) in [4.78, 5) is 0. The molecule has 0 atom stereocenters. The van der Waals surface area contributed by atoms with Gasteiger partial charge >= 0.3 is 0 Å². The third-order valence-electron chi connectivity index (χ3n) is 3.08. The normalized spacial score (nSPS) is 10.7. The fraction of sp³-hybridized carbons (Fsp3) is 0.125. The van der Waals surface area contributed by atoms with Crippen LogP contribution in [-0.4, -0.2) is 7.11 Å². The first kappa shape index (κ1) is 13.3. The van der Waals surface area contributed by atoms with Gasteiger partial charge in [-0.25, -0.2) is 0 Å². The Hall–Kier alpha value is -1.71. The maximum atomic E-state index is 6.18. The summed E-state index contributed by atoms with van der Waals surface area (Å²) >= 11 is 7.83. The van der Waals surface area contributed by atoms with Crippen LogP contribution in [0.1, 0.15) is 5.56 Å². The standard InChI is InChI=1S/C16H13ClO2S/c1-18-14-7-2-3-8-15(14)19-9-11-10-20-16-12(11)5-4-6-13(16)17/h2-8,10H,9H2,1H3. The van der Waals surface area contributed by atoms with Crippen LogP contribution in [0.15, 0.2) is 47.8 Å². The number of thiophene rings is 1. The Bertz CT molecular complexity index is 736. The molecule has 0 spiro atoms. The van der Waals surface area contributed by atoms with Gasteiger partial charge in [-0.1, -0.05) is 35.9 Å². The summed E-state index contributed by atoms with van der Waals surface area (Å²) in [7, 11) is 1.64. The van der Waals surface area contributed by atoms with Crippen LogP contribution in [0, 0.1) is 0 Å². The highest BCUT2D eigenvalue weighted by molar-refractivity contribution is 7.18. The van der Waals surface area contributed by atoms with Crippen LogP contribution < -0.4 is 9.47 Å². The molecule has 102 valence electrons. The summed E-state index contributed by atoms with van der Waals surface area (Å²) in [6, 6.07) is 13.6. The number of benzene rings is 2. The minimum absolute atomic E-state index is 0.501. The highest BCUT2D eigenvalue weighted by Gasteiger charge is 2.09. The van der Waals surface area contributed by atoms with Gasteiger partial charge in [0.1, 0.15) is 6.61 Å². The number of para-hydroxylation sites is 2. The topological polar surface area (TPSA) is 18.5 Å². The Morgan fingerprint density at radius 2 is 1.85 bits per heavy atom. The lowest BCUT2D eigenvalue weighted by atomic mass is 10.2. The molecule has 1 heterocycles. The summed E-state index contributed by atoms with van der Waals surface area (Å²) in [5, 5.41) is 4.03. The summed E-state index contributed by atoms with van der Waals surface area (Å²) in [6.07, 6.45) is 0. The van der Waals surface area contributed by atoms with Crippen molar-refractivity contribution in [1.29, 1.82) is 0 Å². The maximum Gasteiger partial charge on any atom is 0.161 e. The van der Waals surface area contributed by atoms with E-state index in [1.165, 1.54) is 0 Å². The lowest BCUT2D eigenvalue weighted by Gasteiger charge is -2.09. The van der Waals surface area contributed by atoms with E-state index in [1.54, 1.807) is 18.4 Å². The Morgan fingerprint density at radius 3 is 2.65 bits per heavy atom. The van der Waals surface area contributed by atoms with Gasteiger partial charge in [0.25, 0.3) is 0 Å². The van der Waals surface area contributed by atoms with Crippen LogP contribution in [0.25, 0.3) is 10.1 Å². The Labute approximate surface area is 126 Å². The lowest BCUT2D eigenvalue weighted by molar-refractivity contribution is 0.286. The van der Waals surface area contributed by atoms with Crippen LogP contribution >= 0.6 is 22.9 Å². The third-order valence-corrected chi connectivity index (χ3v) is 4.59. The number of rotatable bonds is 4. The van der Waals surface area contributed by atoms with Crippen molar-refractivity contribution in [3.63, 3.8) is 0 Å². The summed E-state index contributed by atoms with van der Waals surface area (Å²) in [5.74, 6) is 1.49. The van der Waals surface area contributed by atoms with Gasteiger partial charge in [0.2, 0.25) is 0 Å². The predicted molar refractivity (Wildman–Crippen MR) is 84.2 cm³/mol. The van der Waals surface area contributed by atoms with Gasteiger partial charge in [-0.15, -0.1) is 11.3 Å². The molecule has 0 saturated carbocycles. The minimum atomic E-state index is 0.501. The van der Waals surface area contributed by atoms with Crippen LogP contribution in [0.5, 0.6) is 11.5 Å².